The van der Waals surface area contributed by atoms with Crippen LogP contribution in [-0.2, 0) is 6.42 Å². The van der Waals surface area contributed by atoms with Gasteiger partial charge in [0, 0.05) is 32.9 Å². The van der Waals surface area contributed by atoms with E-state index in [0.717, 1.165) is 18.5 Å². The van der Waals surface area contributed by atoms with E-state index in [2.05, 4.69) is 9.97 Å². The zero-order valence-electron chi connectivity index (χ0n) is 15.6. The average Bonchev–Trinajstić information content (AvgIpc) is 2.67. The number of benzene rings is 1. The zero-order valence-corrected chi connectivity index (χ0v) is 15.6. The lowest BCUT2D eigenvalue weighted by Crippen LogP contribution is -2.41. The van der Waals surface area contributed by atoms with Gasteiger partial charge in [-0.3, -0.25) is 9.59 Å². The molecule has 1 fully saturated rings. The standard InChI is InChI=1S/C20H23FN4O2/c1-24(2)20(27)18-11-15(22-13-23-18)10-14-6-5-9-25(12-14)19(26)16-7-3-4-8-17(16)21/h3-4,7-8,11,13-14H,5-6,9-10,12H2,1-2H3/t14-/m1/s1. The molecule has 1 aliphatic heterocycles. The van der Waals surface area contributed by atoms with E-state index in [-0.39, 0.29) is 23.3 Å². The van der Waals surface area contributed by atoms with Gasteiger partial charge >= 0.3 is 0 Å². The highest BCUT2D eigenvalue weighted by molar-refractivity contribution is 5.94. The quantitative estimate of drug-likeness (QED) is 0.829. The molecular weight excluding hydrogens is 347 g/mol. The second-order valence-corrected chi connectivity index (χ2v) is 7.04. The normalized spacial score (nSPS) is 16.9. The molecule has 1 aromatic carbocycles. The van der Waals surface area contributed by atoms with Crippen molar-refractivity contribution >= 4 is 11.8 Å². The van der Waals surface area contributed by atoms with Crippen molar-refractivity contribution in [3.63, 3.8) is 0 Å². The van der Waals surface area contributed by atoms with Gasteiger partial charge in [0.15, 0.2) is 0 Å². The number of hydrogen-bond donors (Lipinski definition) is 0. The molecule has 1 aliphatic rings. The Morgan fingerprint density at radius 1 is 1.26 bits per heavy atom. The van der Waals surface area contributed by atoms with Crippen molar-refractivity contribution in [3.8, 4) is 0 Å². The summed E-state index contributed by atoms with van der Waals surface area (Å²) in [5.74, 6) is -0.721. The molecule has 2 amide bonds. The van der Waals surface area contributed by atoms with E-state index in [4.69, 9.17) is 0 Å². The molecule has 0 spiro atoms. The first kappa shape index (κ1) is 18.9. The minimum Gasteiger partial charge on any atom is -0.343 e. The van der Waals surface area contributed by atoms with Crippen LogP contribution in [0, 0.1) is 11.7 Å². The molecule has 0 bridgehead atoms. The highest BCUT2D eigenvalue weighted by Crippen LogP contribution is 2.22. The second kappa shape index (κ2) is 8.24. The zero-order chi connectivity index (χ0) is 19.4. The highest BCUT2D eigenvalue weighted by Gasteiger charge is 2.26. The lowest BCUT2D eigenvalue weighted by molar-refractivity contribution is 0.0668. The third kappa shape index (κ3) is 4.48. The summed E-state index contributed by atoms with van der Waals surface area (Å²) >= 11 is 0. The maximum absolute atomic E-state index is 13.9. The molecule has 1 atom stereocenters. The SMILES string of the molecule is CN(C)C(=O)c1cc(C[C@H]2CCCN(C(=O)c3ccccc3F)C2)ncn1. The van der Waals surface area contributed by atoms with Crippen LogP contribution in [0.2, 0.25) is 0 Å². The Hall–Kier alpha value is -2.83. The number of amides is 2. The van der Waals surface area contributed by atoms with E-state index in [1.54, 1.807) is 37.2 Å². The molecular formula is C20H23FN4O2. The first-order chi connectivity index (χ1) is 13.0. The number of aromatic nitrogens is 2. The van der Waals surface area contributed by atoms with Gasteiger partial charge in [-0.1, -0.05) is 12.1 Å². The van der Waals surface area contributed by atoms with Crippen molar-refractivity contribution in [2.24, 2.45) is 5.92 Å². The molecule has 6 nitrogen and oxygen atoms in total. The number of piperidine rings is 1. The predicted octanol–water partition coefficient (Wildman–Crippen LogP) is 2.41. The summed E-state index contributed by atoms with van der Waals surface area (Å²) in [6.07, 6.45) is 3.87. The Morgan fingerprint density at radius 3 is 2.78 bits per heavy atom. The molecule has 7 heteroatoms. The number of carbonyl (C=O) groups excluding carboxylic acids is 2. The molecule has 0 unspecified atom stereocenters. The van der Waals surface area contributed by atoms with Gasteiger partial charge in [0.1, 0.15) is 17.8 Å². The summed E-state index contributed by atoms with van der Waals surface area (Å²) in [5.41, 5.74) is 1.25. The molecule has 3 rings (SSSR count). The number of likely N-dealkylation sites (tertiary alicyclic amines) is 1. The van der Waals surface area contributed by atoms with Gasteiger partial charge in [-0.15, -0.1) is 0 Å². The van der Waals surface area contributed by atoms with E-state index in [9.17, 15) is 14.0 Å². The summed E-state index contributed by atoms with van der Waals surface area (Å²) in [4.78, 5) is 36.2. The van der Waals surface area contributed by atoms with Gasteiger partial charge in [-0.2, -0.15) is 0 Å². The fraction of sp³-hybridized carbons (Fsp3) is 0.400. The predicted molar refractivity (Wildman–Crippen MR) is 98.8 cm³/mol. The van der Waals surface area contributed by atoms with Crippen LogP contribution >= 0.6 is 0 Å². The van der Waals surface area contributed by atoms with E-state index < -0.39 is 5.82 Å². The minimum atomic E-state index is -0.493. The van der Waals surface area contributed by atoms with Crippen molar-refractivity contribution in [2.45, 2.75) is 19.3 Å². The van der Waals surface area contributed by atoms with Gasteiger partial charge < -0.3 is 9.80 Å². The Morgan fingerprint density at radius 2 is 2.04 bits per heavy atom. The van der Waals surface area contributed by atoms with Crippen molar-refractivity contribution in [1.29, 1.82) is 0 Å². The summed E-state index contributed by atoms with van der Waals surface area (Å²) in [5, 5.41) is 0. The Bertz CT molecular complexity index is 840. The third-order valence-electron chi connectivity index (χ3n) is 4.76. The van der Waals surface area contributed by atoms with Crippen molar-refractivity contribution in [2.75, 3.05) is 27.2 Å². The number of carbonyl (C=O) groups is 2. The van der Waals surface area contributed by atoms with Gasteiger partial charge in [-0.05, 0) is 43.4 Å². The Kier molecular flexibility index (Phi) is 5.78. The summed E-state index contributed by atoms with van der Waals surface area (Å²) in [6, 6.07) is 7.78. The molecule has 1 aromatic heterocycles. The highest BCUT2D eigenvalue weighted by atomic mass is 19.1. The maximum Gasteiger partial charge on any atom is 0.272 e. The monoisotopic (exact) mass is 370 g/mol. The number of nitrogens with zero attached hydrogens (tertiary/aromatic N) is 4. The molecule has 27 heavy (non-hydrogen) atoms. The summed E-state index contributed by atoms with van der Waals surface area (Å²) in [7, 11) is 3.36. The van der Waals surface area contributed by atoms with Crippen LogP contribution in [-0.4, -0.2) is 58.8 Å². The van der Waals surface area contributed by atoms with Gasteiger partial charge in [0.25, 0.3) is 11.8 Å². The topological polar surface area (TPSA) is 66.4 Å². The average molecular weight is 370 g/mol. The molecule has 2 heterocycles. The number of hydrogen-bond acceptors (Lipinski definition) is 4. The summed E-state index contributed by atoms with van der Waals surface area (Å²) in [6.45, 7) is 1.17. The van der Waals surface area contributed by atoms with Gasteiger partial charge in [0.2, 0.25) is 0 Å². The Balaban J connectivity index is 1.69. The van der Waals surface area contributed by atoms with Crippen LogP contribution in [0.5, 0.6) is 0 Å². The van der Waals surface area contributed by atoms with Crippen molar-refractivity contribution in [3.05, 3.63) is 59.4 Å². The van der Waals surface area contributed by atoms with Crippen LogP contribution < -0.4 is 0 Å². The second-order valence-electron chi connectivity index (χ2n) is 7.04. The van der Waals surface area contributed by atoms with Crippen LogP contribution in [0.15, 0.2) is 36.7 Å². The first-order valence-corrected chi connectivity index (χ1v) is 9.02. The van der Waals surface area contributed by atoms with E-state index in [1.807, 2.05) is 0 Å². The van der Waals surface area contributed by atoms with Gasteiger partial charge in [0.05, 0.1) is 5.56 Å². The maximum atomic E-state index is 13.9. The minimum absolute atomic E-state index is 0.110. The van der Waals surface area contributed by atoms with Crippen LogP contribution in [0.4, 0.5) is 4.39 Å². The largest absolute Gasteiger partial charge is 0.343 e. The molecule has 0 aliphatic carbocycles. The number of halogens is 1. The van der Waals surface area contributed by atoms with Crippen LogP contribution in [0.25, 0.3) is 0 Å². The smallest absolute Gasteiger partial charge is 0.272 e. The lowest BCUT2D eigenvalue weighted by Gasteiger charge is -2.33. The third-order valence-corrected chi connectivity index (χ3v) is 4.76. The van der Waals surface area contributed by atoms with Crippen LogP contribution in [0.1, 0.15) is 39.4 Å². The fourth-order valence-corrected chi connectivity index (χ4v) is 3.37. The van der Waals surface area contributed by atoms with E-state index >= 15 is 0 Å². The van der Waals surface area contributed by atoms with E-state index in [1.165, 1.54) is 23.4 Å². The summed E-state index contributed by atoms with van der Waals surface area (Å²) < 4.78 is 13.9. The van der Waals surface area contributed by atoms with E-state index in [0.29, 0.717) is 25.2 Å². The fourth-order valence-electron chi connectivity index (χ4n) is 3.37. The Labute approximate surface area is 158 Å². The van der Waals surface area contributed by atoms with Crippen molar-refractivity contribution in [1.82, 2.24) is 19.8 Å². The van der Waals surface area contributed by atoms with Gasteiger partial charge in [-0.25, -0.2) is 14.4 Å². The number of rotatable bonds is 4. The molecule has 1 saturated heterocycles. The van der Waals surface area contributed by atoms with Crippen molar-refractivity contribution < 1.29 is 14.0 Å². The first-order valence-electron chi connectivity index (χ1n) is 9.02. The van der Waals surface area contributed by atoms with Crippen LogP contribution in [0.3, 0.4) is 0 Å². The molecule has 142 valence electrons. The molecule has 0 saturated carbocycles. The molecule has 0 N–H and O–H groups in total. The molecule has 0 radical (unpaired) electrons. The lowest BCUT2D eigenvalue weighted by atomic mass is 9.92. The molecule has 2 aromatic rings.